The van der Waals surface area contributed by atoms with Crippen LogP contribution in [0.25, 0.3) is 11.0 Å². The van der Waals surface area contributed by atoms with Crippen LogP contribution in [-0.4, -0.2) is 58.2 Å². The molecule has 0 unspecified atom stereocenters. The maximum atomic E-state index is 13.7. The van der Waals surface area contributed by atoms with E-state index in [0.717, 1.165) is 106 Å². The highest BCUT2D eigenvalue weighted by molar-refractivity contribution is 5.79. The third-order valence-electron chi connectivity index (χ3n) is 8.94. The van der Waals surface area contributed by atoms with Crippen molar-refractivity contribution in [1.82, 2.24) is 20.0 Å². The largest absolute Gasteiger partial charge is 0.411 e. The molecular formula is C31H43FN5O4+. The van der Waals surface area contributed by atoms with Gasteiger partial charge in [0.25, 0.3) is 5.56 Å². The van der Waals surface area contributed by atoms with Crippen molar-refractivity contribution in [3.05, 3.63) is 57.1 Å². The van der Waals surface area contributed by atoms with E-state index < -0.39 is 6.09 Å². The Morgan fingerprint density at radius 2 is 2.05 bits per heavy atom. The number of aryl methyl sites for hydroxylation is 2. The molecule has 0 radical (unpaired) electrons. The van der Waals surface area contributed by atoms with Gasteiger partial charge in [-0.3, -0.25) is 13.8 Å². The summed E-state index contributed by atoms with van der Waals surface area (Å²) < 4.78 is 27.3. The van der Waals surface area contributed by atoms with Crippen molar-refractivity contribution in [3.8, 4) is 0 Å². The number of ether oxygens (including phenoxy) is 1. The lowest BCUT2D eigenvalue weighted by Crippen LogP contribution is -2.56. The maximum Gasteiger partial charge on any atom is 0.411 e. The highest BCUT2D eigenvalue weighted by Gasteiger charge is 2.37. The molecule has 41 heavy (non-hydrogen) atoms. The Labute approximate surface area is 240 Å². The van der Waals surface area contributed by atoms with Gasteiger partial charge in [0.2, 0.25) is 6.73 Å². The SMILES string of the molecule is CCCCCCNC(=O)OC[N+]1(CCc2c(C)nc3n(c2=O)CCCC3)CCC(c2noc3cc(F)ccc23)CC1. The number of hydrogen-bond acceptors (Lipinski definition) is 6. The monoisotopic (exact) mass is 568 g/mol. The highest BCUT2D eigenvalue weighted by Crippen LogP contribution is 2.35. The van der Waals surface area contributed by atoms with E-state index in [2.05, 4.69) is 17.4 Å². The number of carbonyl (C=O) groups excluding carboxylic acids is 1. The molecule has 9 nitrogen and oxygen atoms in total. The van der Waals surface area contributed by atoms with E-state index in [1.807, 2.05) is 11.5 Å². The summed E-state index contributed by atoms with van der Waals surface area (Å²) in [6, 6.07) is 4.55. The van der Waals surface area contributed by atoms with Crippen LogP contribution in [0, 0.1) is 12.7 Å². The average Bonchev–Trinajstić information content (AvgIpc) is 3.39. The van der Waals surface area contributed by atoms with Crippen LogP contribution in [0.15, 0.2) is 27.5 Å². The van der Waals surface area contributed by atoms with Crippen molar-refractivity contribution in [2.45, 2.75) is 90.5 Å². The quantitative estimate of drug-likeness (QED) is 0.247. The first-order chi connectivity index (χ1) is 19.9. The van der Waals surface area contributed by atoms with Gasteiger partial charge in [-0.05, 0) is 38.3 Å². The van der Waals surface area contributed by atoms with Gasteiger partial charge in [0.15, 0.2) is 5.58 Å². The van der Waals surface area contributed by atoms with Crippen LogP contribution < -0.4 is 10.9 Å². The summed E-state index contributed by atoms with van der Waals surface area (Å²) in [7, 11) is 0. The van der Waals surface area contributed by atoms with Gasteiger partial charge in [0.1, 0.15) is 11.6 Å². The molecule has 0 bridgehead atoms. The first kappa shape index (κ1) is 29.2. The van der Waals surface area contributed by atoms with Gasteiger partial charge >= 0.3 is 6.09 Å². The summed E-state index contributed by atoms with van der Waals surface area (Å²) in [6.45, 7) is 7.89. The number of nitrogens with zero attached hydrogens (tertiary/aromatic N) is 4. The maximum absolute atomic E-state index is 13.7. The standard InChI is InChI=1S/C31H42FN5O4/c1-3-4-5-7-15-33-31(39)40-21-37(19-14-25-22(2)34-28-9-6-8-16-36(28)30(25)38)17-12-23(13-18-37)29-26-11-10-24(32)20-27(26)41-35-29/h10-11,20,23H,3-9,12-19,21H2,1-2H3/p+1. The van der Waals surface area contributed by atoms with Crippen LogP contribution in [0.5, 0.6) is 0 Å². The zero-order valence-electron chi connectivity index (χ0n) is 24.4. The van der Waals surface area contributed by atoms with Crippen LogP contribution in [0.4, 0.5) is 9.18 Å². The molecule has 1 fully saturated rings. The number of unbranched alkanes of at least 4 members (excludes halogenated alkanes) is 3. The number of carbonyl (C=O) groups is 1. The molecule has 0 saturated carbocycles. The smallest absolute Gasteiger partial charge is 0.399 e. The molecule has 4 heterocycles. The van der Waals surface area contributed by atoms with Crippen LogP contribution in [0.1, 0.15) is 87.0 Å². The fourth-order valence-corrected chi connectivity index (χ4v) is 6.39. The van der Waals surface area contributed by atoms with Crippen molar-refractivity contribution in [2.75, 3.05) is 32.9 Å². The molecule has 3 aromatic rings. The summed E-state index contributed by atoms with van der Waals surface area (Å²) in [6.07, 6.45) is 9.09. The Morgan fingerprint density at radius 1 is 1.22 bits per heavy atom. The molecule has 1 amide bonds. The Bertz CT molecular complexity index is 1410. The van der Waals surface area contributed by atoms with Crippen LogP contribution in [0.2, 0.25) is 0 Å². The van der Waals surface area contributed by atoms with Gasteiger partial charge in [0.05, 0.1) is 25.3 Å². The third-order valence-corrected chi connectivity index (χ3v) is 8.94. The van der Waals surface area contributed by atoms with Gasteiger partial charge in [0, 0.05) is 67.4 Å². The number of halogens is 1. The molecule has 0 spiro atoms. The minimum absolute atomic E-state index is 0.0762. The Hall–Kier alpha value is -3.27. The lowest BCUT2D eigenvalue weighted by atomic mass is 9.90. The van der Waals surface area contributed by atoms with Gasteiger partial charge < -0.3 is 14.6 Å². The van der Waals surface area contributed by atoms with Gasteiger partial charge in [-0.2, -0.15) is 0 Å². The molecule has 5 rings (SSSR count). The first-order valence-electron chi connectivity index (χ1n) is 15.3. The average molecular weight is 569 g/mol. The lowest BCUT2D eigenvalue weighted by molar-refractivity contribution is -0.947. The van der Waals surface area contributed by atoms with Crippen LogP contribution in [0.3, 0.4) is 0 Å². The summed E-state index contributed by atoms with van der Waals surface area (Å²) >= 11 is 0. The minimum atomic E-state index is -0.391. The van der Waals surface area contributed by atoms with E-state index in [9.17, 15) is 14.0 Å². The fraction of sp³-hybridized carbons (Fsp3) is 0.613. The first-order valence-corrected chi connectivity index (χ1v) is 15.3. The highest BCUT2D eigenvalue weighted by atomic mass is 19.1. The second kappa shape index (κ2) is 13.1. The zero-order chi connectivity index (χ0) is 28.8. The number of amides is 1. The summed E-state index contributed by atoms with van der Waals surface area (Å²) in [5, 5.41) is 8.04. The molecule has 1 aromatic carbocycles. The van der Waals surface area contributed by atoms with Crippen molar-refractivity contribution in [3.63, 3.8) is 0 Å². The normalized spacial score (nSPS) is 20.6. The zero-order valence-corrected chi connectivity index (χ0v) is 24.4. The minimum Gasteiger partial charge on any atom is -0.399 e. The number of nitrogens with one attached hydrogen (secondary N) is 1. The number of piperidine rings is 1. The molecule has 2 aliphatic rings. The van der Waals surface area contributed by atoms with Gasteiger partial charge in [-0.15, -0.1) is 0 Å². The lowest BCUT2D eigenvalue weighted by Gasteiger charge is -2.42. The van der Waals surface area contributed by atoms with E-state index in [1.54, 1.807) is 6.07 Å². The van der Waals surface area contributed by atoms with Crippen molar-refractivity contribution >= 4 is 17.1 Å². The number of aromatic nitrogens is 3. The molecule has 222 valence electrons. The number of alkyl carbamates (subject to hydrolysis) is 1. The number of quaternary nitrogens is 1. The Balaban J connectivity index is 1.29. The van der Waals surface area contributed by atoms with Crippen molar-refractivity contribution in [2.24, 2.45) is 0 Å². The predicted octanol–water partition coefficient (Wildman–Crippen LogP) is 5.37. The number of rotatable bonds is 11. The number of benzene rings is 1. The van der Waals surface area contributed by atoms with Crippen LogP contribution >= 0.6 is 0 Å². The third kappa shape index (κ3) is 6.80. The van der Waals surface area contributed by atoms with E-state index in [1.165, 1.54) is 12.1 Å². The topological polar surface area (TPSA) is 99.2 Å². The van der Waals surface area contributed by atoms with Crippen LogP contribution in [-0.2, 0) is 24.1 Å². The second-order valence-electron chi connectivity index (χ2n) is 11.8. The van der Waals surface area contributed by atoms with E-state index in [-0.39, 0.29) is 24.0 Å². The van der Waals surface area contributed by atoms with E-state index >= 15 is 0 Å². The van der Waals surface area contributed by atoms with E-state index in [0.29, 0.717) is 29.6 Å². The Morgan fingerprint density at radius 3 is 2.85 bits per heavy atom. The molecule has 0 aliphatic carbocycles. The number of fused-ring (bicyclic) bond motifs is 2. The van der Waals surface area contributed by atoms with Gasteiger partial charge in [-0.1, -0.05) is 31.3 Å². The molecule has 1 N–H and O–H groups in total. The molecule has 2 aliphatic heterocycles. The Kier molecular flexibility index (Phi) is 9.37. The summed E-state index contributed by atoms with van der Waals surface area (Å²) in [4.78, 5) is 30.8. The van der Waals surface area contributed by atoms with Crippen molar-refractivity contribution in [1.29, 1.82) is 0 Å². The second-order valence-corrected chi connectivity index (χ2v) is 11.8. The summed E-state index contributed by atoms with van der Waals surface area (Å²) in [5.41, 5.74) is 2.97. The molecule has 2 aromatic heterocycles. The molecule has 1 saturated heterocycles. The summed E-state index contributed by atoms with van der Waals surface area (Å²) in [5.74, 6) is 0.715. The predicted molar refractivity (Wildman–Crippen MR) is 154 cm³/mol. The van der Waals surface area contributed by atoms with Crippen molar-refractivity contribution < 1.29 is 22.9 Å². The number of hydrogen-bond donors (Lipinski definition) is 1. The van der Waals surface area contributed by atoms with Gasteiger partial charge in [-0.25, -0.2) is 14.2 Å². The molecule has 0 atom stereocenters. The number of likely N-dealkylation sites (tertiary alicyclic amines) is 1. The fourth-order valence-electron chi connectivity index (χ4n) is 6.39. The molecule has 10 heteroatoms. The molecular weight excluding hydrogens is 525 g/mol. The van der Waals surface area contributed by atoms with E-state index in [4.69, 9.17) is 14.2 Å².